The summed E-state index contributed by atoms with van der Waals surface area (Å²) in [5, 5.41) is 22.8. The highest BCUT2D eigenvalue weighted by Crippen LogP contribution is 2.34. The lowest BCUT2D eigenvalue weighted by Crippen LogP contribution is -2.39. The summed E-state index contributed by atoms with van der Waals surface area (Å²) >= 11 is 0. The maximum absolute atomic E-state index is 13.0. The summed E-state index contributed by atoms with van der Waals surface area (Å²) < 4.78 is 26.5. The number of sulfonamides is 1. The van der Waals surface area contributed by atoms with Gasteiger partial charge in [0.25, 0.3) is 5.91 Å². The van der Waals surface area contributed by atoms with Crippen LogP contribution in [-0.4, -0.2) is 52.8 Å². The molecule has 1 aliphatic rings. The molecule has 10 nitrogen and oxygen atoms in total. The second-order valence-corrected chi connectivity index (χ2v) is 9.66. The van der Waals surface area contributed by atoms with Gasteiger partial charge in [-0.1, -0.05) is 24.3 Å². The third-order valence-electron chi connectivity index (χ3n) is 5.41. The number of hydrogen-bond donors (Lipinski definition) is 3. The van der Waals surface area contributed by atoms with Crippen molar-refractivity contribution in [2.45, 2.75) is 25.8 Å². The van der Waals surface area contributed by atoms with Crippen LogP contribution in [0.1, 0.15) is 34.5 Å². The lowest BCUT2D eigenvalue weighted by Gasteiger charge is -2.28. The van der Waals surface area contributed by atoms with Crippen molar-refractivity contribution in [3.05, 3.63) is 59.4 Å². The summed E-state index contributed by atoms with van der Waals surface area (Å²) in [5.41, 5.74) is 0.862. The largest absolute Gasteiger partial charge is 0.504 e. The quantitative estimate of drug-likeness (QED) is 0.494. The van der Waals surface area contributed by atoms with Gasteiger partial charge in [-0.05, 0) is 36.1 Å². The van der Waals surface area contributed by atoms with E-state index in [1.807, 2.05) is 0 Å². The van der Waals surface area contributed by atoms with Gasteiger partial charge in [-0.15, -0.1) is 0 Å². The number of rotatable bonds is 6. The van der Waals surface area contributed by atoms with Gasteiger partial charge >= 0.3 is 5.97 Å². The Morgan fingerprint density at radius 1 is 1.09 bits per heavy atom. The van der Waals surface area contributed by atoms with Crippen LogP contribution in [0.15, 0.2) is 42.6 Å². The van der Waals surface area contributed by atoms with Crippen molar-refractivity contribution in [2.24, 2.45) is 0 Å². The molecule has 11 heteroatoms. The number of aromatic hydroxyl groups is 1. The van der Waals surface area contributed by atoms with Crippen molar-refractivity contribution in [1.82, 2.24) is 15.3 Å². The Hall–Kier alpha value is -3.73. The zero-order valence-electron chi connectivity index (χ0n) is 17.6. The molecule has 172 valence electrons. The van der Waals surface area contributed by atoms with E-state index in [1.165, 1.54) is 10.5 Å². The lowest BCUT2D eigenvalue weighted by molar-refractivity contribution is -0.136. The molecule has 0 bridgehead atoms. The second-order valence-electron chi connectivity index (χ2n) is 7.65. The summed E-state index contributed by atoms with van der Waals surface area (Å²) in [6.45, 7) is 0.217. The van der Waals surface area contributed by atoms with Crippen LogP contribution in [0.5, 0.6) is 5.75 Å². The molecule has 0 radical (unpaired) electrons. The van der Waals surface area contributed by atoms with Gasteiger partial charge in [0.2, 0.25) is 10.0 Å². The van der Waals surface area contributed by atoms with E-state index in [0.29, 0.717) is 29.4 Å². The number of nitrogens with one attached hydrogen (secondary N) is 1. The molecule has 3 heterocycles. The number of aromatic nitrogens is 2. The predicted molar refractivity (Wildman–Crippen MR) is 121 cm³/mol. The minimum absolute atomic E-state index is 0.00100. The van der Waals surface area contributed by atoms with Crippen LogP contribution in [-0.2, 0) is 27.8 Å². The van der Waals surface area contributed by atoms with Crippen molar-refractivity contribution in [2.75, 3.05) is 16.6 Å². The SMILES string of the molecule is O=C(O)Cc1ccccc1CNC(=O)c1nc(N2CCCCS2(=O)=O)c2cccnc2c1O. The predicted octanol–water partition coefficient (Wildman–Crippen LogP) is 1.82. The molecule has 0 atom stereocenters. The van der Waals surface area contributed by atoms with Crippen molar-refractivity contribution >= 4 is 38.6 Å². The molecule has 1 aliphatic heterocycles. The van der Waals surface area contributed by atoms with E-state index in [4.69, 9.17) is 5.11 Å². The minimum Gasteiger partial charge on any atom is -0.504 e. The molecule has 0 aliphatic carbocycles. The fraction of sp³-hybridized carbons (Fsp3) is 0.273. The van der Waals surface area contributed by atoms with Gasteiger partial charge in [-0.3, -0.25) is 18.9 Å². The number of carbonyl (C=O) groups excluding carboxylic acids is 1. The summed E-state index contributed by atoms with van der Waals surface area (Å²) in [4.78, 5) is 32.5. The molecule has 4 rings (SSSR count). The number of aliphatic carboxylic acids is 1. The van der Waals surface area contributed by atoms with Crippen LogP contribution < -0.4 is 9.62 Å². The van der Waals surface area contributed by atoms with Gasteiger partial charge in [0.1, 0.15) is 5.52 Å². The van der Waals surface area contributed by atoms with E-state index in [0.717, 1.165) is 0 Å². The third-order valence-corrected chi connectivity index (χ3v) is 7.25. The standard InChI is InChI=1S/C22H22N4O6S/c27-17(28)12-14-6-1-2-7-15(14)13-24-22(30)19-20(29)18-16(8-5-9-23-18)21(25-19)26-10-3-4-11-33(26,31)32/h1-2,5-9,29H,3-4,10-13H2,(H,24,30)(H,27,28). The normalized spacial score (nSPS) is 15.3. The number of pyridine rings is 2. The van der Waals surface area contributed by atoms with E-state index in [9.17, 15) is 23.1 Å². The number of amides is 1. The first-order chi connectivity index (χ1) is 15.8. The van der Waals surface area contributed by atoms with E-state index in [2.05, 4.69) is 15.3 Å². The number of anilines is 1. The highest BCUT2D eigenvalue weighted by Gasteiger charge is 2.31. The Labute approximate surface area is 190 Å². The highest BCUT2D eigenvalue weighted by atomic mass is 32.2. The van der Waals surface area contributed by atoms with Gasteiger partial charge in [0, 0.05) is 24.7 Å². The molecule has 1 saturated heterocycles. The number of fused-ring (bicyclic) bond motifs is 1. The van der Waals surface area contributed by atoms with Gasteiger partial charge in [0.05, 0.1) is 12.2 Å². The number of hydrogen-bond acceptors (Lipinski definition) is 7. The van der Waals surface area contributed by atoms with E-state index in [-0.39, 0.29) is 42.3 Å². The van der Waals surface area contributed by atoms with Gasteiger partial charge < -0.3 is 15.5 Å². The first-order valence-electron chi connectivity index (χ1n) is 10.3. The Balaban J connectivity index is 1.70. The number of nitrogens with zero attached hydrogens (tertiary/aromatic N) is 3. The maximum Gasteiger partial charge on any atom is 0.307 e. The summed E-state index contributed by atoms with van der Waals surface area (Å²) in [6.07, 6.45) is 2.41. The monoisotopic (exact) mass is 470 g/mol. The van der Waals surface area contributed by atoms with E-state index >= 15 is 0 Å². The molecule has 0 unspecified atom stereocenters. The molecule has 1 fully saturated rings. The molecule has 2 aromatic heterocycles. The zero-order valence-corrected chi connectivity index (χ0v) is 18.4. The molecule has 1 aromatic carbocycles. The molecular weight excluding hydrogens is 448 g/mol. The second kappa shape index (κ2) is 9.02. The Bertz CT molecular complexity index is 1340. The van der Waals surface area contributed by atoms with Gasteiger partial charge in [-0.2, -0.15) is 0 Å². The van der Waals surface area contributed by atoms with Gasteiger partial charge in [-0.25, -0.2) is 13.4 Å². The molecule has 0 saturated carbocycles. The van der Waals surface area contributed by atoms with E-state index < -0.39 is 27.6 Å². The maximum atomic E-state index is 13.0. The third kappa shape index (κ3) is 4.58. The molecule has 33 heavy (non-hydrogen) atoms. The molecular formula is C22H22N4O6S. The van der Waals surface area contributed by atoms with Crippen molar-refractivity contribution in [3.63, 3.8) is 0 Å². The molecule has 3 aromatic rings. The zero-order chi connectivity index (χ0) is 23.6. The van der Waals surface area contributed by atoms with E-state index in [1.54, 1.807) is 36.4 Å². The average molecular weight is 471 g/mol. The summed E-state index contributed by atoms with van der Waals surface area (Å²) in [6, 6.07) is 9.98. The fourth-order valence-corrected chi connectivity index (χ4v) is 5.40. The number of carboxylic acids is 1. The van der Waals surface area contributed by atoms with Crippen molar-refractivity contribution in [1.29, 1.82) is 0 Å². The number of carboxylic acid groups (broad SMARTS) is 1. The Kier molecular flexibility index (Phi) is 6.14. The van der Waals surface area contributed by atoms with Gasteiger partial charge in [0.15, 0.2) is 17.3 Å². The van der Waals surface area contributed by atoms with Crippen LogP contribution in [0.4, 0.5) is 5.82 Å². The highest BCUT2D eigenvalue weighted by molar-refractivity contribution is 7.92. The lowest BCUT2D eigenvalue weighted by atomic mass is 10.0. The summed E-state index contributed by atoms with van der Waals surface area (Å²) in [7, 11) is -3.62. The Morgan fingerprint density at radius 2 is 1.85 bits per heavy atom. The van der Waals surface area contributed by atoms with Crippen LogP contribution in [0, 0.1) is 0 Å². The van der Waals surface area contributed by atoms with Crippen LogP contribution in [0.2, 0.25) is 0 Å². The van der Waals surface area contributed by atoms with Crippen molar-refractivity contribution < 1.29 is 28.2 Å². The smallest absolute Gasteiger partial charge is 0.307 e. The first-order valence-corrected chi connectivity index (χ1v) is 11.9. The molecule has 1 amide bonds. The first kappa shape index (κ1) is 22.5. The summed E-state index contributed by atoms with van der Waals surface area (Å²) in [5.74, 6) is -2.17. The van der Waals surface area contributed by atoms with Crippen LogP contribution in [0.25, 0.3) is 10.9 Å². The topological polar surface area (TPSA) is 150 Å². The van der Waals surface area contributed by atoms with Crippen LogP contribution >= 0.6 is 0 Å². The molecule has 3 N–H and O–H groups in total. The minimum atomic E-state index is -3.62. The average Bonchev–Trinajstić information content (AvgIpc) is 2.78. The Morgan fingerprint density at radius 3 is 2.58 bits per heavy atom. The fourth-order valence-electron chi connectivity index (χ4n) is 3.81. The molecule has 0 spiro atoms. The van der Waals surface area contributed by atoms with Crippen LogP contribution in [0.3, 0.4) is 0 Å². The number of carbonyl (C=O) groups is 2. The number of benzene rings is 1. The van der Waals surface area contributed by atoms with Crippen molar-refractivity contribution in [3.8, 4) is 5.75 Å².